The first kappa shape index (κ1) is 23.3. The average molecular weight is 447 g/mol. The van der Waals surface area contributed by atoms with Crippen molar-refractivity contribution in [3.8, 4) is 0 Å². The summed E-state index contributed by atoms with van der Waals surface area (Å²) in [6.45, 7) is 9.42. The van der Waals surface area contributed by atoms with Gasteiger partial charge in [-0.25, -0.2) is 0 Å². The summed E-state index contributed by atoms with van der Waals surface area (Å²) < 4.78 is 16.8. The van der Waals surface area contributed by atoms with Crippen LogP contribution in [0.1, 0.15) is 79.6 Å². The summed E-state index contributed by atoms with van der Waals surface area (Å²) in [5, 5.41) is 0. The molecule has 0 N–H and O–H groups in total. The molecular formula is C26H38O6. The molecular weight excluding hydrogens is 408 g/mol. The zero-order chi connectivity index (χ0) is 23.3. The highest BCUT2D eigenvalue weighted by Crippen LogP contribution is 2.66. The predicted molar refractivity (Wildman–Crippen MR) is 118 cm³/mol. The molecule has 6 nitrogen and oxygen atoms in total. The van der Waals surface area contributed by atoms with Crippen LogP contribution in [0, 0.1) is 34.5 Å². The normalized spacial score (nSPS) is 42.6. The van der Waals surface area contributed by atoms with E-state index in [2.05, 4.69) is 19.9 Å². The molecule has 0 aromatic heterocycles. The lowest BCUT2D eigenvalue weighted by Crippen LogP contribution is -2.52. The van der Waals surface area contributed by atoms with E-state index in [4.69, 9.17) is 14.2 Å². The van der Waals surface area contributed by atoms with Crippen molar-refractivity contribution in [1.82, 2.24) is 0 Å². The van der Waals surface area contributed by atoms with Crippen LogP contribution < -0.4 is 0 Å². The Labute approximate surface area is 191 Å². The molecule has 0 unspecified atom stereocenters. The van der Waals surface area contributed by atoms with Gasteiger partial charge in [0.15, 0.2) is 0 Å². The number of carbonyl (C=O) groups excluding carboxylic acids is 3. The number of allylic oxidation sites excluding steroid dienone is 1. The fourth-order valence-corrected chi connectivity index (χ4v) is 7.89. The zero-order valence-electron chi connectivity index (χ0n) is 20.1. The molecule has 32 heavy (non-hydrogen) atoms. The van der Waals surface area contributed by atoms with Gasteiger partial charge in [-0.2, -0.15) is 0 Å². The second kappa shape index (κ2) is 8.49. The second-order valence-electron chi connectivity index (χ2n) is 11.1. The Morgan fingerprint density at radius 1 is 0.969 bits per heavy atom. The van der Waals surface area contributed by atoms with E-state index < -0.39 is 0 Å². The van der Waals surface area contributed by atoms with Crippen molar-refractivity contribution in [1.29, 1.82) is 0 Å². The topological polar surface area (TPSA) is 78.9 Å². The monoisotopic (exact) mass is 446 g/mol. The van der Waals surface area contributed by atoms with E-state index in [0.717, 1.165) is 44.9 Å². The highest BCUT2D eigenvalue weighted by molar-refractivity contribution is 5.67. The molecule has 0 bridgehead atoms. The largest absolute Gasteiger partial charge is 0.465 e. The van der Waals surface area contributed by atoms with E-state index in [1.54, 1.807) is 0 Å². The first-order valence-corrected chi connectivity index (χ1v) is 12.2. The van der Waals surface area contributed by atoms with Gasteiger partial charge in [0.1, 0.15) is 12.2 Å². The van der Waals surface area contributed by atoms with Crippen LogP contribution in [-0.4, -0.2) is 36.7 Å². The van der Waals surface area contributed by atoms with Crippen molar-refractivity contribution in [2.45, 2.75) is 91.8 Å². The van der Waals surface area contributed by atoms with E-state index in [9.17, 15) is 14.4 Å². The minimum atomic E-state index is -0.285. The fourth-order valence-electron chi connectivity index (χ4n) is 7.89. The molecule has 178 valence electrons. The van der Waals surface area contributed by atoms with Crippen LogP contribution in [0.5, 0.6) is 0 Å². The average Bonchev–Trinajstić information content (AvgIpc) is 2.98. The van der Waals surface area contributed by atoms with Crippen LogP contribution in [0.3, 0.4) is 0 Å². The molecule has 0 amide bonds. The standard InChI is InChI=1S/C26H38O6/c1-15(27)30-14-18-12-23-21-7-6-19-13-20(31-16(2)28)8-10-25(19,4)22(21)9-11-26(23,5)24(18)32-17(3)29/h6,18,20-24H,7-14H2,1-5H3/t18-,20+,21-,22+,23+,24+,25+,26+/m1/s1. The highest BCUT2D eigenvalue weighted by atomic mass is 16.6. The Balaban J connectivity index is 1.58. The Bertz CT molecular complexity index is 817. The van der Waals surface area contributed by atoms with Crippen molar-refractivity contribution in [2.75, 3.05) is 6.61 Å². The third kappa shape index (κ3) is 3.99. The van der Waals surface area contributed by atoms with Crippen LogP contribution in [0.4, 0.5) is 0 Å². The minimum Gasteiger partial charge on any atom is -0.465 e. The van der Waals surface area contributed by atoms with Crippen molar-refractivity contribution in [3.05, 3.63) is 11.6 Å². The number of hydrogen-bond donors (Lipinski definition) is 0. The number of esters is 3. The molecule has 0 aromatic rings. The third-order valence-electron chi connectivity index (χ3n) is 9.26. The summed E-state index contributed by atoms with van der Waals surface area (Å²) >= 11 is 0. The molecule has 0 saturated heterocycles. The first-order chi connectivity index (χ1) is 15.0. The smallest absolute Gasteiger partial charge is 0.302 e. The number of fused-ring (bicyclic) bond motifs is 5. The van der Waals surface area contributed by atoms with Gasteiger partial charge < -0.3 is 14.2 Å². The molecule has 0 spiro atoms. The van der Waals surface area contributed by atoms with Crippen molar-refractivity contribution >= 4 is 17.9 Å². The molecule has 0 aromatic carbocycles. The molecule has 3 fully saturated rings. The molecule has 4 aliphatic rings. The molecule has 0 aliphatic heterocycles. The second-order valence-corrected chi connectivity index (χ2v) is 11.1. The van der Waals surface area contributed by atoms with Crippen molar-refractivity contribution in [3.63, 3.8) is 0 Å². The lowest BCUT2D eigenvalue weighted by Gasteiger charge is -2.57. The third-order valence-corrected chi connectivity index (χ3v) is 9.26. The predicted octanol–water partition coefficient (Wildman–Crippen LogP) is 4.60. The molecule has 6 heteroatoms. The molecule has 0 heterocycles. The number of rotatable bonds is 4. The minimum absolute atomic E-state index is 0.00479. The summed E-state index contributed by atoms with van der Waals surface area (Å²) in [5.74, 6) is 0.877. The highest BCUT2D eigenvalue weighted by Gasteiger charge is 2.62. The van der Waals surface area contributed by atoms with Gasteiger partial charge in [0.05, 0.1) is 6.61 Å². The number of carbonyl (C=O) groups is 3. The van der Waals surface area contributed by atoms with Crippen molar-refractivity contribution < 1.29 is 28.6 Å². The fraction of sp³-hybridized carbons (Fsp3) is 0.808. The summed E-state index contributed by atoms with van der Waals surface area (Å²) in [5.41, 5.74) is 1.52. The van der Waals surface area contributed by atoms with E-state index >= 15 is 0 Å². The first-order valence-electron chi connectivity index (χ1n) is 12.2. The summed E-state index contributed by atoms with van der Waals surface area (Å²) in [6, 6.07) is 0. The van der Waals surface area contributed by atoms with Crippen LogP contribution in [-0.2, 0) is 28.6 Å². The SMILES string of the molecule is CC(=O)OC[C@H]1C[C@H]2[C@@H]3CC=C4C[C@@H](OC(C)=O)CC[C@]4(C)[C@H]3CC[C@]2(C)[C@H]1OC(C)=O. The van der Waals surface area contributed by atoms with Crippen LogP contribution in [0.15, 0.2) is 11.6 Å². The zero-order valence-corrected chi connectivity index (χ0v) is 20.1. The van der Waals surface area contributed by atoms with Crippen LogP contribution in [0.2, 0.25) is 0 Å². The lowest BCUT2D eigenvalue weighted by molar-refractivity contribution is -0.162. The Morgan fingerprint density at radius 2 is 1.69 bits per heavy atom. The molecule has 3 saturated carbocycles. The van der Waals surface area contributed by atoms with E-state index in [0.29, 0.717) is 24.4 Å². The van der Waals surface area contributed by atoms with Gasteiger partial charge >= 0.3 is 17.9 Å². The van der Waals surface area contributed by atoms with Gasteiger partial charge in [0.2, 0.25) is 0 Å². The molecule has 4 aliphatic carbocycles. The van der Waals surface area contributed by atoms with Crippen LogP contribution in [0.25, 0.3) is 0 Å². The van der Waals surface area contributed by atoms with Gasteiger partial charge in [0, 0.05) is 38.5 Å². The maximum atomic E-state index is 12.0. The van der Waals surface area contributed by atoms with E-state index in [-0.39, 0.29) is 46.9 Å². The lowest BCUT2D eigenvalue weighted by atomic mass is 9.48. The van der Waals surface area contributed by atoms with Gasteiger partial charge in [-0.1, -0.05) is 25.5 Å². The van der Waals surface area contributed by atoms with Crippen molar-refractivity contribution in [2.24, 2.45) is 34.5 Å². The number of hydrogen-bond acceptors (Lipinski definition) is 6. The molecule has 0 radical (unpaired) electrons. The maximum Gasteiger partial charge on any atom is 0.302 e. The van der Waals surface area contributed by atoms with Gasteiger partial charge in [-0.15, -0.1) is 0 Å². The van der Waals surface area contributed by atoms with Gasteiger partial charge in [-0.05, 0) is 61.7 Å². The van der Waals surface area contributed by atoms with E-state index in [1.807, 2.05) is 0 Å². The Kier molecular flexibility index (Phi) is 6.19. The van der Waals surface area contributed by atoms with Gasteiger partial charge in [0.25, 0.3) is 0 Å². The molecule has 8 atom stereocenters. The molecule has 4 rings (SSSR count). The summed E-state index contributed by atoms with van der Waals surface area (Å²) in [7, 11) is 0. The quantitative estimate of drug-likeness (QED) is 0.357. The van der Waals surface area contributed by atoms with E-state index in [1.165, 1.54) is 26.3 Å². The van der Waals surface area contributed by atoms with Gasteiger partial charge in [-0.3, -0.25) is 14.4 Å². The summed E-state index contributed by atoms with van der Waals surface area (Å²) in [4.78, 5) is 34.9. The Morgan fingerprint density at radius 3 is 2.34 bits per heavy atom. The Hall–Kier alpha value is -1.85. The maximum absolute atomic E-state index is 12.0. The van der Waals surface area contributed by atoms with Crippen LogP contribution >= 0.6 is 0 Å². The number of ether oxygens (including phenoxy) is 3. The summed E-state index contributed by atoms with van der Waals surface area (Å²) in [6.07, 6.45) is 9.12.